The Morgan fingerprint density at radius 2 is 1.74 bits per heavy atom. The number of ether oxygens (including phenoxy) is 4. The molecule has 0 amide bonds. The molecule has 0 bridgehead atoms. The van der Waals surface area contributed by atoms with Crippen molar-refractivity contribution in [3.05, 3.63) is 42.5 Å². The van der Waals surface area contributed by atoms with Crippen LogP contribution in [0.4, 0.5) is 5.69 Å². The molecule has 3 N–H and O–H groups in total. The van der Waals surface area contributed by atoms with Crippen LogP contribution in [0.1, 0.15) is 6.42 Å². The van der Waals surface area contributed by atoms with Gasteiger partial charge in [0.25, 0.3) is 0 Å². The van der Waals surface area contributed by atoms with Crippen LogP contribution in [0.3, 0.4) is 0 Å². The van der Waals surface area contributed by atoms with Crippen molar-refractivity contribution in [2.75, 3.05) is 31.7 Å². The summed E-state index contributed by atoms with van der Waals surface area (Å²) in [7, 11) is 0. The number of rotatable bonds is 3. The number of nitrogens with two attached hydrogens (primary N) is 1. The normalized spacial score (nSPS) is 18.1. The van der Waals surface area contributed by atoms with Crippen molar-refractivity contribution in [2.24, 2.45) is 10.7 Å². The summed E-state index contributed by atoms with van der Waals surface area (Å²) < 4.78 is 22.8. The maximum atomic E-state index is 5.99. The van der Waals surface area contributed by atoms with E-state index in [0.29, 0.717) is 38.1 Å². The molecule has 1 atom stereocenters. The summed E-state index contributed by atoms with van der Waals surface area (Å²) >= 11 is 0. The number of anilines is 1. The first-order valence-corrected chi connectivity index (χ1v) is 8.63. The summed E-state index contributed by atoms with van der Waals surface area (Å²) in [6.07, 6.45) is 0.696. The van der Waals surface area contributed by atoms with E-state index in [9.17, 15) is 0 Å². The topological polar surface area (TPSA) is 87.3 Å². The summed E-state index contributed by atoms with van der Waals surface area (Å²) in [4.78, 5) is 4.35. The minimum absolute atomic E-state index is 0. The average Bonchev–Trinajstić information content (AvgIpc) is 2.91. The van der Waals surface area contributed by atoms with Crippen LogP contribution in [0.5, 0.6) is 23.0 Å². The third-order valence-electron chi connectivity index (χ3n) is 4.05. The van der Waals surface area contributed by atoms with Crippen molar-refractivity contribution < 1.29 is 18.9 Å². The van der Waals surface area contributed by atoms with E-state index in [0.717, 1.165) is 29.4 Å². The Labute approximate surface area is 174 Å². The number of para-hydroxylation sites is 2. The number of fused-ring (bicyclic) bond motifs is 2. The molecule has 8 heteroatoms. The van der Waals surface area contributed by atoms with E-state index >= 15 is 0 Å². The van der Waals surface area contributed by atoms with E-state index in [-0.39, 0.29) is 30.1 Å². The molecule has 4 rings (SSSR count). The molecule has 0 aromatic heterocycles. The van der Waals surface area contributed by atoms with Gasteiger partial charge in [-0.3, -0.25) is 0 Å². The van der Waals surface area contributed by atoms with Gasteiger partial charge in [-0.15, -0.1) is 24.0 Å². The third-order valence-corrected chi connectivity index (χ3v) is 4.05. The van der Waals surface area contributed by atoms with Gasteiger partial charge >= 0.3 is 0 Å². The zero-order valence-electron chi connectivity index (χ0n) is 14.7. The molecule has 2 aliphatic rings. The van der Waals surface area contributed by atoms with E-state index in [1.54, 1.807) is 0 Å². The van der Waals surface area contributed by atoms with Crippen molar-refractivity contribution in [2.45, 2.75) is 12.5 Å². The van der Waals surface area contributed by atoms with Gasteiger partial charge in [0.1, 0.15) is 6.61 Å². The lowest BCUT2D eigenvalue weighted by Crippen LogP contribution is -2.33. The molecule has 0 saturated carbocycles. The molecular weight excluding hydrogens is 461 g/mol. The predicted molar refractivity (Wildman–Crippen MR) is 114 cm³/mol. The number of halogens is 1. The Balaban J connectivity index is 0.00000210. The number of nitrogens with one attached hydrogen (secondary N) is 1. The highest BCUT2D eigenvalue weighted by molar-refractivity contribution is 14.0. The minimum Gasteiger partial charge on any atom is -0.490 e. The molecule has 0 saturated heterocycles. The van der Waals surface area contributed by atoms with Gasteiger partial charge in [0.2, 0.25) is 0 Å². The van der Waals surface area contributed by atoms with Crippen LogP contribution in [0.15, 0.2) is 47.5 Å². The van der Waals surface area contributed by atoms with Gasteiger partial charge in [-0.25, -0.2) is 4.99 Å². The minimum atomic E-state index is -0.172. The van der Waals surface area contributed by atoms with Crippen molar-refractivity contribution >= 4 is 35.6 Å². The second-order valence-electron chi connectivity index (χ2n) is 6.06. The van der Waals surface area contributed by atoms with E-state index in [1.165, 1.54) is 0 Å². The Kier molecular flexibility index (Phi) is 6.49. The van der Waals surface area contributed by atoms with Gasteiger partial charge in [0, 0.05) is 18.2 Å². The third kappa shape index (κ3) is 4.88. The smallest absolute Gasteiger partial charge is 0.193 e. The molecule has 0 fully saturated rings. The van der Waals surface area contributed by atoms with Gasteiger partial charge in [-0.2, -0.15) is 0 Å². The van der Waals surface area contributed by atoms with E-state index in [1.807, 2.05) is 42.5 Å². The quantitative estimate of drug-likeness (QED) is 0.397. The Morgan fingerprint density at radius 3 is 2.59 bits per heavy atom. The summed E-state index contributed by atoms with van der Waals surface area (Å²) in [5.74, 6) is 3.25. The first-order valence-electron chi connectivity index (χ1n) is 8.63. The molecule has 0 radical (unpaired) electrons. The van der Waals surface area contributed by atoms with Crippen LogP contribution in [0.2, 0.25) is 0 Å². The van der Waals surface area contributed by atoms with Crippen LogP contribution in [0.25, 0.3) is 0 Å². The van der Waals surface area contributed by atoms with Crippen molar-refractivity contribution in [1.29, 1.82) is 0 Å². The molecule has 144 valence electrons. The number of guanidine groups is 1. The highest BCUT2D eigenvalue weighted by atomic mass is 127. The summed E-state index contributed by atoms with van der Waals surface area (Å²) in [5.41, 5.74) is 6.79. The Hall–Kier alpha value is -2.36. The van der Waals surface area contributed by atoms with Crippen LogP contribution in [-0.2, 0) is 0 Å². The lowest BCUT2D eigenvalue weighted by molar-refractivity contribution is 0.0972. The molecule has 2 aliphatic heterocycles. The molecule has 7 nitrogen and oxygen atoms in total. The molecule has 0 aliphatic carbocycles. The van der Waals surface area contributed by atoms with Crippen LogP contribution in [0, 0.1) is 0 Å². The fourth-order valence-electron chi connectivity index (χ4n) is 2.78. The first kappa shape index (κ1) is 19.4. The summed E-state index contributed by atoms with van der Waals surface area (Å²) in [5, 5.41) is 3.07. The molecule has 2 aromatic carbocycles. The zero-order chi connectivity index (χ0) is 17.8. The SMILES string of the molecule is I.NC(=NCC1COc2ccccc2O1)Nc1ccc2c(c1)OCCCO2. The maximum Gasteiger partial charge on any atom is 0.193 e. The Bertz CT molecular complexity index is 815. The fourth-order valence-corrected chi connectivity index (χ4v) is 2.78. The van der Waals surface area contributed by atoms with Gasteiger partial charge in [0.05, 0.1) is 19.8 Å². The van der Waals surface area contributed by atoms with Crippen LogP contribution < -0.4 is 30.0 Å². The summed E-state index contributed by atoms with van der Waals surface area (Å²) in [6.45, 7) is 2.14. The van der Waals surface area contributed by atoms with Crippen LogP contribution >= 0.6 is 24.0 Å². The van der Waals surface area contributed by atoms with Crippen LogP contribution in [-0.4, -0.2) is 38.4 Å². The lowest BCUT2D eigenvalue weighted by atomic mass is 10.2. The average molecular weight is 483 g/mol. The molecule has 0 spiro atoms. The first-order chi connectivity index (χ1) is 12.8. The second-order valence-corrected chi connectivity index (χ2v) is 6.06. The highest BCUT2D eigenvalue weighted by Gasteiger charge is 2.20. The zero-order valence-corrected chi connectivity index (χ0v) is 17.1. The van der Waals surface area contributed by atoms with E-state index < -0.39 is 0 Å². The number of benzene rings is 2. The standard InChI is InChI=1S/C19H21N3O4.HI/c20-19(21-11-14-12-25-15-4-1-2-5-17(15)26-14)22-13-6-7-16-18(10-13)24-9-3-8-23-16;/h1-2,4-7,10,14H,3,8-9,11-12H2,(H3,20,21,22);1H. The molecule has 2 aromatic rings. The van der Waals surface area contributed by atoms with E-state index in [2.05, 4.69) is 10.3 Å². The largest absolute Gasteiger partial charge is 0.490 e. The lowest BCUT2D eigenvalue weighted by Gasteiger charge is -2.25. The second kappa shape index (κ2) is 9.03. The maximum absolute atomic E-state index is 5.99. The number of aliphatic imine (C=N–C) groups is 1. The number of hydrogen-bond acceptors (Lipinski definition) is 5. The number of hydrogen-bond donors (Lipinski definition) is 2. The van der Waals surface area contributed by atoms with Crippen molar-refractivity contribution in [1.82, 2.24) is 0 Å². The monoisotopic (exact) mass is 483 g/mol. The van der Waals surface area contributed by atoms with Crippen molar-refractivity contribution in [3.63, 3.8) is 0 Å². The van der Waals surface area contributed by atoms with Gasteiger partial charge in [0.15, 0.2) is 35.1 Å². The van der Waals surface area contributed by atoms with E-state index in [4.69, 9.17) is 24.7 Å². The highest BCUT2D eigenvalue weighted by Crippen LogP contribution is 2.32. The fraction of sp³-hybridized carbons (Fsp3) is 0.316. The molecule has 2 heterocycles. The van der Waals surface area contributed by atoms with Gasteiger partial charge < -0.3 is 30.0 Å². The molecular formula is C19H22IN3O4. The van der Waals surface area contributed by atoms with Gasteiger partial charge in [-0.1, -0.05) is 12.1 Å². The van der Waals surface area contributed by atoms with Gasteiger partial charge in [-0.05, 0) is 24.3 Å². The molecule has 27 heavy (non-hydrogen) atoms. The summed E-state index contributed by atoms with van der Waals surface area (Å²) in [6, 6.07) is 13.2. The number of nitrogens with zero attached hydrogens (tertiary/aromatic N) is 1. The molecule has 1 unspecified atom stereocenters. The van der Waals surface area contributed by atoms with Crippen molar-refractivity contribution in [3.8, 4) is 23.0 Å². The Morgan fingerprint density at radius 1 is 1.00 bits per heavy atom. The predicted octanol–water partition coefficient (Wildman–Crippen LogP) is 3.03.